The molecule has 172 valence electrons. The summed E-state index contributed by atoms with van der Waals surface area (Å²) in [5.74, 6) is -1.17. The van der Waals surface area contributed by atoms with Crippen LogP contribution >= 0.6 is 0 Å². The molecule has 1 aromatic heterocycles. The fraction of sp³-hybridized carbons (Fsp3) is 0.560. The molecule has 32 heavy (non-hydrogen) atoms. The molecule has 2 atom stereocenters. The minimum absolute atomic E-state index is 0.248. The van der Waals surface area contributed by atoms with Crippen LogP contribution in [0, 0.1) is 17.2 Å². The Bertz CT molecular complexity index is 1070. The van der Waals surface area contributed by atoms with E-state index in [1.807, 2.05) is 13.8 Å². The van der Waals surface area contributed by atoms with E-state index in [4.69, 9.17) is 0 Å². The third-order valence-corrected chi connectivity index (χ3v) is 7.06. The van der Waals surface area contributed by atoms with Crippen molar-refractivity contribution in [3.8, 4) is 0 Å². The van der Waals surface area contributed by atoms with Gasteiger partial charge in [-0.1, -0.05) is 33.8 Å². The molecule has 0 spiro atoms. The number of imide groups is 1. The smallest absolute Gasteiger partial charge is 0.234 e. The lowest BCUT2D eigenvalue weighted by Crippen LogP contribution is -2.56. The van der Waals surface area contributed by atoms with Gasteiger partial charge in [0.15, 0.2) is 0 Å². The van der Waals surface area contributed by atoms with Crippen molar-refractivity contribution in [3.05, 3.63) is 41.3 Å². The fourth-order valence-electron chi connectivity index (χ4n) is 5.30. The number of hydrogen-bond acceptors (Lipinski definition) is 5. The van der Waals surface area contributed by atoms with Crippen molar-refractivity contribution in [2.45, 2.75) is 58.5 Å². The van der Waals surface area contributed by atoms with Crippen LogP contribution < -0.4 is 5.32 Å². The number of aromatic nitrogens is 1. The Hall–Kier alpha value is -2.38. The summed E-state index contributed by atoms with van der Waals surface area (Å²) in [4.78, 5) is 30.5. The van der Waals surface area contributed by atoms with Crippen LogP contribution in [-0.2, 0) is 15.2 Å². The van der Waals surface area contributed by atoms with Gasteiger partial charge in [-0.05, 0) is 36.5 Å². The summed E-state index contributed by atoms with van der Waals surface area (Å²) in [6.45, 7) is 10.6. The average Bonchev–Trinajstić information content (AvgIpc) is 2.70. The second-order valence-electron chi connectivity index (χ2n) is 10.4. The number of aliphatic hydroxyl groups is 1. The number of amides is 2. The Morgan fingerprint density at radius 3 is 2.72 bits per heavy atom. The van der Waals surface area contributed by atoms with Gasteiger partial charge in [0.1, 0.15) is 5.82 Å². The molecule has 6 nitrogen and oxygen atoms in total. The Kier molecular flexibility index (Phi) is 5.84. The molecule has 2 N–H and O–H groups in total. The quantitative estimate of drug-likeness (QED) is 0.710. The van der Waals surface area contributed by atoms with E-state index < -0.39 is 22.8 Å². The zero-order chi connectivity index (χ0) is 23.3. The number of likely N-dealkylation sites (tertiary alicyclic amines) is 1. The number of halogens is 1. The molecule has 3 heterocycles. The lowest BCUT2D eigenvalue weighted by Gasteiger charge is -2.51. The Morgan fingerprint density at radius 1 is 1.31 bits per heavy atom. The number of carbonyl (C=O) groups excluding carboxylic acids is 2. The summed E-state index contributed by atoms with van der Waals surface area (Å²) in [6.07, 6.45) is 2.64. The van der Waals surface area contributed by atoms with Gasteiger partial charge in [-0.15, -0.1) is 0 Å². The van der Waals surface area contributed by atoms with Gasteiger partial charge in [-0.2, -0.15) is 0 Å². The summed E-state index contributed by atoms with van der Waals surface area (Å²) in [7, 11) is 0. The molecular weight excluding hydrogens is 409 g/mol. The standard InChI is InChI=1S/C25H32FN3O3/c1-15(2)13-29-10-9-25(32,24(3,4)14-29)19-6-7-20-18(22(19)26)11-16(12-27-20)17-5-8-21(30)28-23(17)31/h6-7,11-12,15,17,32H,5,8-10,13-14H2,1-4H3,(H,28,30,31)/t17?,25-/m1/s1. The van der Waals surface area contributed by atoms with Crippen molar-refractivity contribution in [1.82, 2.24) is 15.2 Å². The highest BCUT2D eigenvalue weighted by Crippen LogP contribution is 2.47. The Balaban J connectivity index is 1.71. The first-order valence-corrected chi connectivity index (χ1v) is 11.4. The zero-order valence-corrected chi connectivity index (χ0v) is 19.2. The van der Waals surface area contributed by atoms with Crippen molar-refractivity contribution >= 4 is 22.7 Å². The third kappa shape index (κ3) is 3.92. The normalized spacial score (nSPS) is 26.5. The van der Waals surface area contributed by atoms with Gasteiger partial charge >= 0.3 is 0 Å². The third-order valence-electron chi connectivity index (χ3n) is 7.06. The van der Waals surface area contributed by atoms with Crippen LogP contribution in [0.15, 0.2) is 24.4 Å². The molecule has 1 aromatic carbocycles. The van der Waals surface area contributed by atoms with E-state index >= 15 is 4.39 Å². The number of nitrogens with zero attached hydrogens (tertiary/aromatic N) is 2. The number of piperidine rings is 2. The molecule has 4 rings (SSSR count). The summed E-state index contributed by atoms with van der Waals surface area (Å²) >= 11 is 0. The zero-order valence-electron chi connectivity index (χ0n) is 19.2. The molecule has 2 amide bonds. The number of hydrogen-bond donors (Lipinski definition) is 2. The number of pyridine rings is 1. The van der Waals surface area contributed by atoms with Crippen LogP contribution in [0.25, 0.3) is 10.9 Å². The van der Waals surface area contributed by atoms with E-state index in [1.165, 1.54) is 0 Å². The van der Waals surface area contributed by atoms with E-state index in [0.717, 1.165) is 6.54 Å². The summed E-state index contributed by atoms with van der Waals surface area (Å²) in [5, 5.41) is 14.4. The van der Waals surface area contributed by atoms with Gasteiger partial charge in [-0.25, -0.2) is 4.39 Å². The van der Waals surface area contributed by atoms with Crippen molar-refractivity contribution in [3.63, 3.8) is 0 Å². The number of fused-ring (bicyclic) bond motifs is 1. The first-order chi connectivity index (χ1) is 15.0. The second kappa shape index (κ2) is 8.19. The van der Waals surface area contributed by atoms with Gasteiger partial charge in [0.05, 0.1) is 17.0 Å². The maximum absolute atomic E-state index is 15.9. The molecular formula is C25H32FN3O3. The summed E-state index contributed by atoms with van der Waals surface area (Å²) < 4.78 is 15.9. The van der Waals surface area contributed by atoms with Crippen molar-refractivity contribution in [1.29, 1.82) is 0 Å². The number of carbonyl (C=O) groups is 2. The topological polar surface area (TPSA) is 82.5 Å². The molecule has 0 saturated carbocycles. The highest BCUT2D eigenvalue weighted by Gasteiger charge is 2.50. The molecule has 2 aliphatic rings. The predicted octanol–water partition coefficient (Wildman–Crippen LogP) is 3.47. The molecule has 0 radical (unpaired) electrons. The molecule has 0 aliphatic carbocycles. The Labute approximate surface area is 188 Å². The maximum atomic E-state index is 15.9. The van der Waals surface area contributed by atoms with Crippen LogP contribution in [0.2, 0.25) is 0 Å². The van der Waals surface area contributed by atoms with Gasteiger partial charge in [0.2, 0.25) is 11.8 Å². The highest BCUT2D eigenvalue weighted by atomic mass is 19.1. The fourth-order valence-corrected chi connectivity index (χ4v) is 5.30. The minimum atomic E-state index is -1.32. The first kappa shape index (κ1) is 22.8. The van der Waals surface area contributed by atoms with E-state index in [1.54, 1.807) is 24.4 Å². The van der Waals surface area contributed by atoms with Crippen LogP contribution in [-0.4, -0.2) is 46.4 Å². The minimum Gasteiger partial charge on any atom is -0.384 e. The van der Waals surface area contributed by atoms with Crippen LogP contribution in [0.1, 0.15) is 64.0 Å². The largest absolute Gasteiger partial charge is 0.384 e. The van der Waals surface area contributed by atoms with E-state index in [2.05, 4.69) is 29.0 Å². The summed E-state index contributed by atoms with van der Waals surface area (Å²) in [5.41, 5.74) is -0.536. The molecule has 2 fully saturated rings. The molecule has 1 unspecified atom stereocenters. The molecule has 2 aliphatic heterocycles. The number of nitrogens with one attached hydrogen (secondary N) is 1. The van der Waals surface area contributed by atoms with Gasteiger partial charge in [0.25, 0.3) is 0 Å². The highest BCUT2D eigenvalue weighted by molar-refractivity contribution is 6.01. The van der Waals surface area contributed by atoms with Gasteiger partial charge in [-0.3, -0.25) is 19.9 Å². The SMILES string of the molecule is CC(C)CN1CC[C@@](O)(c2ccc3ncc(C4CCC(=O)NC4=O)cc3c2F)C(C)(C)C1. The second-order valence-corrected chi connectivity index (χ2v) is 10.4. The molecule has 7 heteroatoms. The van der Waals surface area contributed by atoms with Crippen LogP contribution in [0.5, 0.6) is 0 Å². The number of rotatable bonds is 4. The lowest BCUT2D eigenvalue weighted by atomic mass is 9.66. The van der Waals surface area contributed by atoms with Crippen molar-refractivity contribution < 1.29 is 19.1 Å². The van der Waals surface area contributed by atoms with E-state index in [-0.39, 0.29) is 23.8 Å². The molecule has 2 aromatic rings. The van der Waals surface area contributed by atoms with Gasteiger partial charge in [0, 0.05) is 48.6 Å². The lowest BCUT2D eigenvalue weighted by molar-refractivity contribution is -0.134. The maximum Gasteiger partial charge on any atom is 0.234 e. The van der Waals surface area contributed by atoms with E-state index in [0.29, 0.717) is 48.3 Å². The summed E-state index contributed by atoms with van der Waals surface area (Å²) in [6, 6.07) is 5.03. The monoisotopic (exact) mass is 441 g/mol. The van der Waals surface area contributed by atoms with Crippen LogP contribution in [0.4, 0.5) is 4.39 Å². The number of benzene rings is 1. The van der Waals surface area contributed by atoms with E-state index in [9.17, 15) is 14.7 Å². The van der Waals surface area contributed by atoms with Crippen molar-refractivity contribution in [2.75, 3.05) is 19.6 Å². The Morgan fingerprint density at radius 2 is 2.06 bits per heavy atom. The first-order valence-electron chi connectivity index (χ1n) is 11.4. The molecule has 0 bridgehead atoms. The predicted molar refractivity (Wildman–Crippen MR) is 120 cm³/mol. The van der Waals surface area contributed by atoms with Crippen LogP contribution in [0.3, 0.4) is 0 Å². The molecule has 2 saturated heterocycles. The van der Waals surface area contributed by atoms with Crippen molar-refractivity contribution in [2.24, 2.45) is 11.3 Å². The average molecular weight is 442 g/mol. The van der Waals surface area contributed by atoms with Gasteiger partial charge < -0.3 is 10.0 Å².